The molecule has 5 heteroatoms. The molecule has 0 saturated carbocycles. The maximum atomic E-state index is 13.1. The van der Waals surface area contributed by atoms with E-state index >= 15 is 0 Å². The monoisotopic (exact) mass is 265 g/mol. The third kappa shape index (κ3) is 2.93. The first-order valence-electron chi connectivity index (χ1n) is 5.68. The third-order valence-corrected chi connectivity index (χ3v) is 2.78. The van der Waals surface area contributed by atoms with E-state index in [0.717, 1.165) is 17.7 Å². The molecule has 0 aliphatic heterocycles. The zero-order valence-electron chi connectivity index (χ0n) is 10.2. The minimum Gasteiger partial charge on any atom is -0.508 e. The van der Waals surface area contributed by atoms with E-state index in [0.29, 0.717) is 11.3 Å². The maximum Gasteiger partial charge on any atom is 0.187 e. The van der Waals surface area contributed by atoms with Crippen LogP contribution in [-0.4, -0.2) is 10.2 Å². The molecule has 0 spiro atoms. The van der Waals surface area contributed by atoms with Gasteiger partial charge in [-0.05, 0) is 36.2 Å². The summed E-state index contributed by atoms with van der Waals surface area (Å²) in [7, 11) is 0. The van der Waals surface area contributed by atoms with Crippen LogP contribution in [0.4, 0.5) is 14.5 Å². The van der Waals surface area contributed by atoms with Gasteiger partial charge in [-0.3, -0.25) is 0 Å². The summed E-state index contributed by atoms with van der Waals surface area (Å²) in [6.07, 6.45) is 0. The number of hydrogen-bond acceptors (Lipinski definition) is 3. The second kappa shape index (κ2) is 5.14. The summed E-state index contributed by atoms with van der Waals surface area (Å²) in [6, 6.07) is 7.12. The maximum absolute atomic E-state index is 13.1. The van der Waals surface area contributed by atoms with Crippen LogP contribution in [0.1, 0.15) is 11.1 Å². The van der Waals surface area contributed by atoms with Gasteiger partial charge in [0, 0.05) is 18.3 Å². The predicted molar refractivity (Wildman–Crippen MR) is 68.2 cm³/mol. The van der Waals surface area contributed by atoms with Crippen LogP contribution in [0.25, 0.3) is 0 Å². The van der Waals surface area contributed by atoms with E-state index in [2.05, 4.69) is 5.32 Å². The highest BCUT2D eigenvalue weighted by atomic mass is 19.1. The van der Waals surface area contributed by atoms with Crippen molar-refractivity contribution in [2.24, 2.45) is 0 Å². The summed E-state index contributed by atoms with van der Waals surface area (Å²) < 4.78 is 26.3. The first-order chi connectivity index (χ1) is 8.97. The van der Waals surface area contributed by atoms with Crippen molar-refractivity contribution in [3.05, 3.63) is 53.1 Å². The number of benzene rings is 2. The first-order valence-corrected chi connectivity index (χ1v) is 5.68. The lowest BCUT2D eigenvalue weighted by atomic mass is 10.1. The van der Waals surface area contributed by atoms with E-state index < -0.39 is 17.4 Å². The Bertz CT molecular complexity index is 591. The number of aromatic hydroxyl groups is 2. The Morgan fingerprint density at radius 3 is 2.26 bits per heavy atom. The van der Waals surface area contributed by atoms with Crippen molar-refractivity contribution in [3.63, 3.8) is 0 Å². The molecule has 2 aromatic carbocycles. The molecule has 0 radical (unpaired) electrons. The molecule has 3 nitrogen and oxygen atoms in total. The summed E-state index contributed by atoms with van der Waals surface area (Å²) in [5.74, 6) is -2.82. The fourth-order valence-corrected chi connectivity index (χ4v) is 1.64. The Hall–Kier alpha value is -2.30. The molecule has 3 N–H and O–H groups in total. The fourth-order valence-electron chi connectivity index (χ4n) is 1.64. The lowest BCUT2D eigenvalue weighted by molar-refractivity contribution is 0.395. The molecule has 0 aliphatic rings. The number of phenolic OH excluding ortho intramolecular Hbond substituents is 2. The zero-order chi connectivity index (χ0) is 14.0. The smallest absolute Gasteiger partial charge is 0.187 e. The second-order valence-corrected chi connectivity index (χ2v) is 4.26. The molecule has 0 bridgehead atoms. The highest BCUT2D eigenvalue weighted by Gasteiger charge is 2.09. The van der Waals surface area contributed by atoms with E-state index in [4.69, 9.17) is 5.11 Å². The van der Waals surface area contributed by atoms with Crippen molar-refractivity contribution in [3.8, 4) is 11.5 Å². The molecule has 0 aromatic heterocycles. The van der Waals surface area contributed by atoms with Gasteiger partial charge in [0.05, 0.1) is 0 Å². The van der Waals surface area contributed by atoms with Gasteiger partial charge in [0.15, 0.2) is 17.4 Å². The second-order valence-electron chi connectivity index (χ2n) is 4.26. The Kier molecular flexibility index (Phi) is 3.55. The van der Waals surface area contributed by atoms with E-state index in [1.54, 1.807) is 19.1 Å². The van der Waals surface area contributed by atoms with Crippen molar-refractivity contribution in [1.82, 2.24) is 0 Å². The average Bonchev–Trinajstić information content (AvgIpc) is 2.37. The molecule has 19 heavy (non-hydrogen) atoms. The van der Waals surface area contributed by atoms with Crippen LogP contribution in [0.5, 0.6) is 11.5 Å². The molecular formula is C14H13F2NO2. The molecule has 0 heterocycles. The van der Waals surface area contributed by atoms with Crippen LogP contribution in [0.15, 0.2) is 30.3 Å². The van der Waals surface area contributed by atoms with Gasteiger partial charge in [-0.2, -0.15) is 0 Å². The number of anilines is 1. The van der Waals surface area contributed by atoms with Crippen LogP contribution < -0.4 is 5.32 Å². The van der Waals surface area contributed by atoms with Gasteiger partial charge in [-0.25, -0.2) is 8.78 Å². The molecular weight excluding hydrogens is 252 g/mol. The van der Waals surface area contributed by atoms with E-state index in [1.165, 1.54) is 6.07 Å². The summed E-state index contributed by atoms with van der Waals surface area (Å²) in [4.78, 5) is 0. The Morgan fingerprint density at radius 2 is 1.68 bits per heavy atom. The van der Waals surface area contributed by atoms with Gasteiger partial charge >= 0.3 is 0 Å². The number of halogens is 2. The van der Waals surface area contributed by atoms with Gasteiger partial charge in [0.1, 0.15) is 5.75 Å². The molecule has 0 aliphatic carbocycles. The fraction of sp³-hybridized carbons (Fsp3) is 0.143. The van der Waals surface area contributed by atoms with E-state index in [1.807, 2.05) is 0 Å². The normalized spacial score (nSPS) is 10.5. The van der Waals surface area contributed by atoms with E-state index in [9.17, 15) is 13.9 Å². The number of nitrogens with one attached hydrogen (secondary N) is 1. The quantitative estimate of drug-likeness (QED) is 0.798. The minimum absolute atomic E-state index is 0.146. The molecule has 0 saturated heterocycles. The Morgan fingerprint density at radius 1 is 1.05 bits per heavy atom. The molecule has 2 rings (SSSR count). The largest absolute Gasteiger partial charge is 0.508 e. The SMILES string of the molecule is Cc1ccc(NCc2cc(F)c(O)c(F)c2)cc1O. The average molecular weight is 265 g/mol. The van der Waals surface area contributed by atoms with Crippen LogP contribution in [-0.2, 0) is 6.54 Å². The van der Waals surface area contributed by atoms with Crippen LogP contribution in [0.2, 0.25) is 0 Å². The Labute approximate surface area is 109 Å². The molecule has 0 amide bonds. The Balaban J connectivity index is 2.12. The molecule has 0 atom stereocenters. The van der Waals surface area contributed by atoms with Crippen molar-refractivity contribution in [1.29, 1.82) is 0 Å². The lowest BCUT2D eigenvalue weighted by Crippen LogP contribution is -2.01. The number of phenols is 2. The number of hydrogen-bond donors (Lipinski definition) is 3. The van der Waals surface area contributed by atoms with Gasteiger partial charge in [-0.15, -0.1) is 0 Å². The summed E-state index contributed by atoms with van der Waals surface area (Å²) in [6.45, 7) is 1.94. The molecule has 0 unspecified atom stereocenters. The highest BCUT2D eigenvalue weighted by molar-refractivity contribution is 5.51. The number of aryl methyl sites for hydroxylation is 1. The van der Waals surface area contributed by atoms with Gasteiger partial charge in [0.2, 0.25) is 0 Å². The standard InChI is InChI=1S/C14H13F2NO2/c1-8-2-3-10(6-13(8)18)17-7-9-4-11(15)14(19)12(16)5-9/h2-6,17-19H,7H2,1H3. The van der Waals surface area contributed by atoms with Gasteiger partial charge < -0.3 is 15.5 Å². The van der Waals surface area contributed by atoms with Crippen LogP contribution >= 0.6 is 0 Å². The van der Waals surface area contributed by atoms with Crippen molar-refractivity contribution < 1.29 is 19.0 Å². The number of rotatable bonds is 3. The van der Waals surface area contributed by atoms with Crippen LogP contribution in [0.3, 0.4) is 0 Å². The highest BCUT2D eigenvalue weighted by Crippen LogP contribution is 2.24. The topological polar surface area (TPSA) is 52.5 Å². The predicted octanol–water partition coefficient (Wildman–Crippen LogP) is 3.30. The first kappa shape index (κ1) is 13.1. The summed E-state index contributed by atoms with van der Waals surface area (Å²) in [5, 5.41) is 21.4. The summed E-state index contributed by atoms with van der Waals surface area (Å²) in [5.41, 5.74) is 1.73. The van der Waals surface area contributed by atoms with Crippen LogP contribution in [0, 0.1) is 18.6 Å². The zero-order valence-corrected chi connectivity index (χ0v) is 10.2. The molecule has 0 fully saturated rings. The van der Waals surface area contributed by atoms with Gasteiger partial charge in [0.25, 0.3) is 0 Å². The van der Waals surface area contributed by atoms with Crippen molar-refractivity contribution in [2.45, 2.75) is 13.5 Å². The van der Waals surface area contributed by atoms with Crippen molar-refractivity contribution in [2.75, 3.05) is 5.32 Å². The van der Waals surface area contributed by atoms with E-state index in [-0.39, 0.29) is 12.3 Å². The van der Waals surface area contributed by atoms with Gasteiger partial charge in [-0.1, -0.05) is 6.07 Å². The third-order valence-electron chi connectivity index (χ3n) is 2.78. The minimum atomic E-state index is -0.997. The van der Waals surface area contributed by atoms with Crippen molar-refractivity contribution >= 4 is 5.69 Å². The molecule has 100 valence electrons. The lowest BCUT2D eigenvalue weighted by Gasteiger charge is -2.09. The molecule has 2 aromatic rings. The summed E-state index contributed by atoms with van der Waals surface area (Å²) >= 11 is 0.